The number of nitrogens with zero attached hydrogens (tertiary/aromatic N) is 3. The maximum absolute atomic E-state index is 13.7. The number of hydrogen-bond donors (Lipinski definition) is 1. The van der Waals surface area contributed by atoms with E-state index in [9.17, 15) is 17.6 Å². The van der Waals surface area contributed by atoms with Crippen molar-refractivity contribution in [2.24, 2.45) is 0 Å². The van der Waals surface area contributed by atoms with E-state index >= 15 is 0 Å². The monoisotopic (exact) mass is 438 g/mol. The molecule has 1 fully saturated rings. The normalized spacial score (nSPS) is 17.7. The van der Waals surface area contributed by atoms with Crippen LogP contribution in [0.4, 0.5) is 10.1 Å². The van der Waals surface area contributed by atoms with Gasteiger partial charge in [-0.05, 0) is 36.4 Å². The Hall–Kier alpha value is -2.21. The van der Waals surface area contributed by atoms with Crippen molar-refractivity contribution in [1.29, 1.82) is 0 Å². The number of sulfonamides is 1. The molecule has 1 aliphatic rings. The van der Waals surface area contributed by atoms with E-state index in [1.807, 2.05) is 0 Å². The molecule has 0 aliphatic carbocycles. The Morgan fingerprint density at radius 3 is 2.79 bits per heavy atom. The zero-order valence-electron chi connectivity index (χ0n) is 14.4. The number of halogens is 1. The molecule has 28 heavy (non-hydrogen) atoms. The molecule has 3 aromatic rings. The number of aromatic nitrogens is 2. The summed E-state index contributed by atoms with van der Waals surface area (Å²) in [5, 5.41) is 12.6. The van der Waals surface area contributed by atoms with Gasteiger partial charge in [0, 0.05) is 6.54 Å². The van der Waals surface area contributed by atoms with Gasteiger partial charge in [-0.15, -0.1) is 21.5 Å². The first-order valence-electron chi connectivity index (χ1n) is 8.41. The molecule has 1 N–H and O–H groups in total. The van der Waals surface area contributed by atoms with Crippen molar-refractivity contribution >= 4 is 44.3 Å². The average Bonchev–Trinajstić information content (AvgIpc) is 3.43. The predicted octanol–water partition coefficient (Wildman–Crippen LogP) is 3.52. The van der Waals surface area contributed by atoms with Gasteiger partial charge < -0.3 is 5.32 Å². The molecular weight excluding hydrogens is 423 g/mol. The number of amides is 1. The fraction of sp³-hybridized carbons (Fsp3) is 0.235. The number of anilines is 1. The van der Waals surface area contributed by atoms with E-state index in [0.717, 1.165) is 22.7 Å². The summed E-state index contributed by atoms with van der Waals surface area (Å²) in [4.78, 5) is 12.4. The Labute approximate surface area is 168 Å². The first-order chi connectivity index (χ1) is 13.5. The first kappa shape index (κ1) is 19.1. The lowest BCUT2D eigenvalue weighted by Crippen LogP contribution is -2.30. The van der Waals surface area contributed by atoms with Gasteiger partial charge in [-0.2, -0.15) is 4.31 Å². The molecule has 146 valence electrons. The highest BCUT2D eigenvalue weighted by atomic mass is 32.2. The number of nitrogens with one attached hydrogen (secondary N) is 1. The zero-order chi connectivity index (χ0) is 19.7. The van der Waals surface area contributed by atoms with Crippen molar-refractivity contribution < 1.29 is 17.6 Å². The van der Waals surface area contributed by atoms with Crippen LogP contribution < -0.4 is 5.32 Å². The maximum atomic E-state index is 13.7. The Morgan fingerprint density at radius 1 is 1.21 bits per heavy atom. The van der Waals surface area contributed by atoms with Crippen molar-refractivity contribution in [2.45, 2.75) is 23.1 Å². The third kappa shape index (κ3) is 3.58. The second-order valence-corrected chi connectivity index (χ2v) is 10.2. The van der Waals surface area contributed by atoms with E-state index in [-0.39, 0.29) is 14.9 Å². The molecule has 1 atom stereocenters. The lowest BCUT2D eigenvalue weighted by Gasteiger charge is -2.21. The van der Waals surface area contributed by atoms with E-state index in [1.54, 1.807) is 23.6 Å². The summed E-state index contributed by atoms with van der Waals surface area (Å²) in [5.74, 6) is -1.14. The fourth-order valence-corrected chi connectivity index (χ4v) is 6.73. The smallest absolute Gasteiger partial charge is 0.286 e. The van der Waals surface area contributed by atoms with Crippen LogP contribution in [0.3, 0.4) is 0 Å². The molecule has 4 rings (SSSR count). The molecule has 7 nitrogen and oxygen atoms in total. The average molecular weight is 439 g/mol. The van der Waals surface area contributed by atoms with Gasteiger partial charge in [-0.3, -0.25) is 4.79 Å². The molecule has 1 saturated heterocycles. The number of rotatable bonds is 5. The molecule has 1 amide bonds. The summed E-state index contributed by atoms with van der Waals surface area (Å²) in [6.45, 7) is 0.390. The van der Waals surface area contributed by atoms with Crippen molar-refractivity contribution in [3.8, 4) is 0 Å². The largest absolute Gasteiger partial charge is 0.317 e. The minimum absolute atomic E-state index is 0.0482. The van der Waals surface area contributed by atoms with E-state index in [2.05, 4.69) is 15.5 Å². The van der Waals surface area contributed by atoms with Crippen molar-refractivity contribution in [1.82, 2.24) is 14.5 Å². The van der Waals surface area contributed by atoms with Crippen LogP contribution in [0.1, 0.15) is 33.7 Å². The number of para-hydroxylation sites is 1. The van der Waals surface area contributed by atoms with Gasteiger partial charge >= 0.3 is 0 Å². The summed E-state index contributed by atoms with van der Waals surface area (Å²) in [6, 6.07) is 8.63. The van der Waals surface area contributed by atoms with Crippen LogP contribution in [0.2, 0.25) is 0 Å². The van der Waals surface area contributed by atoms with Gasteiger partial charge in [-0.25, -0.2) is 12.8 Å². The predicted molar refractivity (Wildman–Crippen MR) is 104 cm³/mol. The van der Waals surface area contributed by atoms with Crippen LogP contribution >= 0.6 is 22.7 Å². The number of carbonyl (C=O) groups excluding carboxylic acids is 1. The van der Waals surface area contributed by atoms with E-state index < -0.39 is 27.8 Å². The molecule has 1 aliphatic heterocycles. The molecule has 0 saturated carbocycles. The highest BCUT2D eigenvalue weighted by Gasteiger charge is 2.38. The van der Waals surface area contributed by atoms with E-state index in [1.165, 1.54) is 22.5 Å². The van der Waals surface area contributed by atoms with E-state index in [0.29, 0.717) is 24.4 Å². The Bertz CT molecular complexity index is 1100. The zero-order valence-corrected chi connectivity index (χ0v) is 16.9. The highest BCUT2D eigenvalue weighted by Crippen LogP contribution is 2.38. The van der Waals surface area contributed by atoms with Crippen molar-refractivity contribution in [3.63, 3.8) is 0 Å². The minimum Gasteiger partial charge on any atom is -0.317 e. The van der Waals surface area contributed by atoms with Crippen LogP contribution in [-0.4, -0.2) is 35.4 Å². The molecule has 1 aromatic carbocycles. The summed E-state index contributed by atoms with van der Waals surface area (Å²) in [6.07, 6.45) is 1.31. The number of thiophene rings is 1. The lowest BCUT2D eigenvalue weighted by molar-refractivity contribution is 0.102. The highest BCUT2D eigenvalue weighted by molar-refractivity contribution is 7.91. The van der Waals surface area contributed by atoms with Crippen LogP contribution in [0.25, 0.3) is 0 Å². The van der Waals surface area contributed by atoms with Gasteiger partial charge in [0.2, 0.25) is 5.01 Å². The summed E-state index contributed by atoms with van der Waals surface area (Å²) in [7, 11) is -3.62. The molecule has 2 aromatic heterocycles. The molecule has 0 radical (unpaired) electrons. The molecule has 0 bridgehead atoms. The summed E-state index contributed by atoms with van der Waals surface area (Å²) < 4.78 is 41.1. The Kier molecular flexibility index (Phi) is 5.23. The van der Waals surface area contributed by atoms with Crippen LogP contribution in [0.15, 0.2) is 46.0 Å². The van der Waals surface area contributed by atoms with Gasteiger partial charge in [-0.1, -0.05) is 29.5 Å². The third-order valence-electron chi connectivity index (χ3n) is 4.30. The Balaban J connectivity index is 1.55. The molecular formula is C17H15FN4O3S3. The first-order valence-corrected chi connectivity index (χ1v) is 11.5. The number of hydrogen-bond acceptors (Lipinski definition) is 7. The topological polar surface area (TPSA) is 92.3 Å². The van der Waals surface area contributed by atoms with Crippen LogP contribution in [0.5, 0.6) is 0 Å². The minimum atomic E-state index is -3.62. The van der Waals surface area contributed by atoms with Crippen LogP contribution in [0, 0.1) is 5.82 Å². The van der Waals surface area contributed by atoms with Gasteiger partial charge in [0.15, 0.2) is 0 Å². The third-order valence-corrected chi connectivity index (χ3v) is 8.61. The molecule has 1 unspecified atom stereocenters. The quantitative estimate of drug-likeness (QED) is 0.658. The number of benzene rings is 1. The van der Waals surface area contributed by atoms with Gasteiger partial charge in [0.05, 0.1) is 11.7 Å². The van der Waals surface area contributed by atoms with Crippen molar-refractivity contribution in [3.05, 3.63) is 57.6 Å². The lowest BCUT2D eigenvalue weighted by atomic mass is 10.2. The summed E-state index contributed by atoms with van der Waals surface area (Å²) in [5.41, 5.74) is 0.0482. The second kappa shape index (κ2) is 7.66. The molecule has 0 spiro atoms. The Morgan fingerprint density at radius 2 is 2.04 bits per heavy atom. The van der Waals surface area contributed by atoms with Crippen molar-refractivity contribution in [2.75, 3.05) is 11.9 Å². The number of carbonyl (C=O) groups is 1. The molecule has 11 heteroatoms. The van der Waals surface area contributed by atoms with E-state index in [4.69, 9.17) is 0 Å². The standard InChI is InChI=1S/C17H15FN4O3S3/c18-11-5-1-2-6-12(11)19-15(23)17-21-20-16(27-17)13-7-3-9-22(13)28(24,25)14-8-4-10-26-14/h1-2,4-6,8,10,13H,3,7,9H2,(H,19,23). The van der Waals surface area contributed by atoms with Gasteiger partial charge in [0.1, 0.15) is 15.0 Å². The second-order valence-electron chi connectivity index (χ2n) is 6.09. The van der Waals surface area contributed by atoms with Gasteiger partial charge in [0.25, 0.3) is 15.9 Å². The van der Waals surface area contributed by atoms with Crippen LogP contribution in [-0.2, 0) is 10.0 Å². The summed E-state index contributed by atoms with van der Waals surface area (Å²) >= 11 is 2.19. The maximum Gasteiger partial charge on any atom is 0.286 e. The molecule has 3 heterocycles. The fourth-order valence-electron chi connectivity index (χ4n) is 3.00. The SMILES string of the molecule is O=C(Nc1ccccc1F)c1nnc(C2CCCN2S(=O)(=O)c2cccs2)s1.